The van der Waals surface area contributed by atoms with Crippen LogP contribution in [0.4, 0.5) is 8.78 Å². The minimum absolute atomic E-state index is 0.0204. The van der Waals surface area contributed by atoms with Crippen LogP contribution in [0.2, 0.25) is 0 Å². The molecular formula is C24H26F2O. The third-order valence-corrected chi connectivity index (χ3v) is 5.19. The van der Waals surface area contributed by atoms with Gasteiger partial charge in [-0.25, -0.2) is 4.39 Å². The Morgan fingerprint density at radius 1 is 1.00 bits per heavy atom. The number of rotatable bonds is 7. The molecule has 3 heteroatoms. The molecule has 0 radical (unpaired) electrons. The van der Waals surface area contributed by atoms with E-state index in [1.807, 2.05) is 12.2 Å². The zero-order valence-electron chi connectivity index (χ0n) is 15.8. The minimum Gasteiger partial charge on any atom is -0.491 e. The fourth-order valence-electron chi connectivity index (χ4n) is 3.66. The maximum Gasteiger partial charge on any atom is 0.200 e. The van der Waals surface area contributed by atoms with Gasteiger partial charge in [0.2, 0.25) is 5.82 Å². The van der Waals surface area contributed by atoms with Crippen molar-refractivity contribution in [2.24, 2.45) is 0 Å². The predicted molar refractivity (Wildman–Crippen MR) is 106 cm³/mol. The Bertz CT molecular complexity index is 808. The third kappa shape index (κ3) is 4.47. The van der Waals surface area contributed by atoms with Crippen molar-refractivity contribution in [2.45, 2.75) is 44.4 Å². The summed E-state index contributed by atoms with van der Waals surface area (Å²) in [7, 11) is 0. The quantitative estimate of drug-likeness (QED) is 0.494. The van der Waals surface area contributed by atoms with E-state index in [-0.39, 0.29) is 11.7 Å². The smallest absolute Gasteiger partial charge is 0.200 e. The Labute approximate surface area is 160 Å². The summed E-state index contributed by atoms with van der Waals surface area (Å²) in [4.78, 5) is 0. The first-order valence-corrected chi connectivity index (χ1v) is 9.62. The largest absolute Gasteiger partial charge is 0.491 e. The van der Waals surface area contributed by atoms with Crippen LogP contribution in [-0.4, -0.2) is 6.61 Å². The molecule has 0 spiro atoms. The Hall–Kier alpha value is -2.42. The van der Waals surface area contributed by atoms with Crippen LogP contribution in [0.15, 0.2) is 61.2 Å². The lowest BCUT2D eigenvalue weighted by atomic mass is 9.81. The van der Waals surface area contributed by atoms with Crippen molar-refractivity contribution in [3.05, 3.63) is 89.5 Å². The third-order valence-electron chi connectivity index (χ3n) is 5.19. The van der Waals surface area contributed by atoms with Crippen LogP contribution in [0.1, 0.15) is 54.7 Å². The molecule has 0 aliphatic heterocycles. The molecule has 0 aromatic heterocycles. The number of hydrogen-bond acceptors (Lipinski definition) is 1. The highest BCUT2D eigenvalue weighted by molar-refractivity contribution is 5.37. The zero-order valence-corrected chi connectivity index (χ0v) is 15.8. The molecule has 2 aromatic rings. The first-order valence-electron chi connectivity index (χ1n) is 9.62. The fourth-order valence-corrected chi connectivity index (χ4v) is 3.66. The van der Waals surface area contributed by atoms with Gasteiger partial charge in [-0.3, -0.25) is 0 Å². The SMILES string of the molecule is C=CCCc1ccc(C2C=CC(c3ccc(OCC)c(F)c3F)CC2)cc1. The number of benzene rings is 2. The van der Waals surface area contributed by atoms with Gasteiger partial charge in [-0.2, -0.15) is 4.39 Å². The van der Waals surface area contributed by atoms with Crippen molar-refractivity contribution in [3.8, 4) is 5.75 Å². The second-order valence-corrected chi connectivity index (χ2v) is 6.96. The molecule has 0 saturated carbocycles. The maximum absolute atomic E-state index is 14.4. The summed E-state index contributed by atoms with van der Waals surface area (Å²) in [5, 5.41) is 0. The van der Waals surface area contributed by atoms with Gasteiger partial charge in [-0.05, 0) is 55.4 Å². The topological polar surface area (TPSA) is 9.23 Å². The summed E-state index contributed by atoms with van der Waals surface area (Å²) in [6.07, 6.45) is 9.77. The monoisotopic (exact) mass is 368 g/mol. The second-order valence-electron chi connectivity index (χ2n) is 6.96. The summed E-state index contributed by atoms with van der Waals surface area (Å²) < 4.78 is 33.7. The van der Waals surface area contributed by atoms with Crippen LogP contribution in [-0.2, 0) is 6.42 Å². The highest BCUT2D eigenvalue weighted by Gasteiger charge is 2.23. The summed E-state index contributed by atoms with van der Waals surface area (Å²) in [5.74, 6) is -1.47. The summed E-state index contributed by atoms with van der Waals surface area (Å²) in [6.45, 7) is 5.82. The van der Waals surface area contributed by atoms with Gasteiger partial charge < -0.3 is 4.74 Å². The molecule has 2 aromatic carbocycles. The van der Waals surface area contributed by atoms with E-state index in [0.717, 1.165) is 25.7 Å². The second kappa shape index (κ2) is 8.98. The molecule has 142 valence electrons. The average Bonchev–Trinajstić information content (AvgIpc) is 2.71. The van der Waals surface area contributed by atoms with E-state index in [2.05, 4.69) is 36.9 Å². The summed E-state index contributed by atoms with van der Waals surface area (Å²) >= 11 is 0. The number of hydrogen-bond donors (Lipinski definition) is 0. The lowest BCUT2D eigenvalue weighted by Crippen LogP contribution is -2.09. The van der Waals surface area contributed by atoms with Crippen LogP contribution in [0.5, 0.6) is 5.75 Å². The predicted octanol–water partition coefficient (Wildman–Crippen LogP) is 6.70. The Balaban J connectivity index is 1.71. The van der Waals surface area contributed by atoms with E-state index in [1.165, 1.54) is 17.2 Å². The highest BCUT2D eigenvalue weighted by Crippen LogP contribution is 2.37. The molecule has 0 bridgehead atoms. The molecule has 2 unspecified atom stereocenters. The average molecular weight is 368 g/mol. The van der Waals surface area contributed by atoms with Crippen molar-refractivity contribution in [2.75, 3.05) is 6.61 Å². The highest BCUT2D eigenvalue weighted by atomic mass is 19.2. The molecule has 3 rings (SSSR count). The van der Waals surface area contributed by atoms with E-state index >= 15 is 0 Å². The number of halogens is 2. The summed E-state index contributed by atoms with van der Waals surface area (Å²) in [5.41, 5.74) is 2.99. The van der Waals surface area contributed by atoms with Gasteiger partial charge in [0.15, 0.2) is 11.6 Å². The number of allylic oxidation sites excluding steroid dienone is 3. The van der Waals surface area contributed by atoms with E-state index in [1.54, 1.807) is 13.0 Å². The lowest BCUT2D eigenvalue weighted by Gasteiger charge is -2.24. The number of ether oxygens (including phenoxy) is 1. The molecule has 0 amide bonds. The fraction of sp³-hybridized carbons (Fsp3) is 0.333. The van der Waals surface area contributed by atoms with Crippen molar-refractivity contribution in [1.29, 1.82) is 0 Å². The zero-order chi connectivity index (χ0) is 19.2. The molecular weight excluding hydrogens is 342 g/mol. The van der Waals surface area contributed by atoms with Gasteiger partial charge >= 0.3 is 0 Å². The van der Waals surface area contributed by atoms with E-state index in [0.29, 0.717) is 18.1 Å². The molecule has 1 aliphatic rings. The molecule has 1 aliphatic carbocycles. The summed E-state index contributed by atoms with van der Waals surface area (Å²) in [6, 6.07) is 11.8. The van der Waals surface area contributed by atoms with Crippen molar-refractivity contribution in [3.63, 3.8) is 0 Å². The Kier molecular flexibility index (Phi) is 6.44. The molecule has 0 fully saturated rings. The van der Waals surface area contributed by atoms with Crippen LogP contribution in [0.3, 0.4) is 0 Å². The first kappa shape index (κ1) is 19.3. The van der Waals surface area contributed by atoms with Gasteiger partial charge in [-0.1, -0.05) is 48.6 Å². The molecule has 0 N–H and O–H groups in total. The molecule has 1 nitrogen and oxygen atoms in total. The van der Waals surface area contributed by atoms with Crippen LogP contribution >= 0.6 is 0 Å². The van der Waals surface area contributed by atoms with E-state index < -0.39 is 11.6 Å². The Morgan fingerprint density at radius 3 is 2.33 bits per heavy atom. The molecule has 0 saturated heterocycles. The van der Waals surface area contributed by atoms with Crippen molar-refractivity contribution < 1.29 is 13.5 Å². The normalized spacial score (nSPS) is 19.1. The van der Waals surface area contributed by atoms with Gasteiger partial charge in [-0.15, -0.1) is 6.58 Å². The Morgan fingerprint density at radius 2 is 1.70 bits per heavy atom. The lowest BCUT2D eigenvalue weighted by molar-refractivity contribution is 0.313. The van der Waals surface area contributed by atoms with E-state index in [9.17, 15) is 8.78 Å². The molecule has 0 heterocycles. The standard InChI is InChI=1S/C24H26F2O/c1-3-5-6-17-7-9-18(10-8-17)19-11-13-20(14-12-19)21-15-16-22(27-4-2)24(26)23(21)25/h3,7-11,13,15-16,19-20H,1,4-6,12,14H2,2H3. The minimum atomic E-state index is -0.889. The molecule has 2 atom stereocenters. The van der Waals surface area contributed by atoms with Crippen LogP contribution in [0.25, 0.3) is 0 Å². The van der Waals surface area contributed by atoms with Crippen molar-refractivity contribution in [1.82, 2.24) is 0 Å². The van der Waals surface area contributed by atoms with Gasteiger partial charge in [0.1, 0.15) is 0 Å². The maximum atomic E-state index is 14.4. The van der Waals surface area contributed by atoms with Crippen LogP contribution < -0.4 is 4.74 Å². The van der Waals surface area contributed by atoms with E-state index in [4.69, 9.17) is 4.74 Å². The van der Waals surface area contributed by atoms with Gasteiger partial charge in [0, 0.05) is 11.8 Å². The van der Waals surface area contributed by atoms with Gasteiger partial charge in [0.05, 0.1) is 6.61 Å². The first-order chi connectivity index (χ1) is 13.1. The molecule has 27 heavy (non-hydrogen) atoms. The van der Waals surface area contributed by atoms with Crippen LogP contribution in [0, 0.1) is 11.6 Å². The van der Waals surface area contributed by atoms with Crippen molar-refractivity contribution >= 4 is 0 Å². The number of aryl methyl sites for hydroxylation is 1. The van der Waals surface area contributed by atoms with Gasteiger partial charge in [0.25, 0.3) is 0 Å².